The number of carbonyl (C=O) groups excluding carboxylic acids is 2. The molecule has 8 nitrogen and oxygen atoms in total. The minimum Gasteiger partial charge on any atom is -0.463 e. The Labute approximate surface area is 120 Å². The van der Waals surface area contributed by atoms with Crippen LogP contribution in [0.15, 0.2) is 24.3 Å². The number of hydrogen-bond donors (Lipinski definition) is 3. The van der Waals surface area contributed by atoms with Gasteiger partial charge in [0.05, 0.1) is 6.61 Å². The van der Waals surface area contributed by atoms with E-state index in [-0.39, 0.29) is 12.0 Å². The molecule has 0 aliphatic rings. The normalized spacial score (nSPS) is 10.0. The first-order valence-electron chi connectivity index (χ1n) is 6.32. The van der Waals surface area contributed by atoms with Crippen LogP contribution in [-0.2, 0) is 9.59 Å². The number of carbonyl (C=O) groups is 2. The van der Waals surface area contributed by atoms with Gasteiger partial charge in [-0.1, -0.05) is 17.7 Å². The molecule has 110 valence electrons. The van der Waals surface area contributed by atoms with Gasteiger partial charge in [0.2, 0.25) is 5.95 Å². The Morgan fingerprint density at radius 1 is 1.19 bits per heavy atom. The second-order valence-corrected chi connectivity index (χ2v) is 4.17. The summed E-state index contributed by atoms with van der Waals surface area (Å²) in [4.78, 5) is 27.3. The lowest BCUT2D eigenvalue weighted by atomic mass is 10.2. The molecule has 8 heteroatoms. The first-order valence-corrected chi connectivity index (χ1v) is 6.32. The molecule has 2 rings (SSSR count). The lowest BCUT2D eigenvalue weighted by Crippen LogP contribution is -2.29. The van der Waals surface area contributed by atoms with Crippen molar-refractivity contribution in [3.63, 3.8) is 0 Å². The predicted octanol–water partition coefficient (Wildman–Crippen LogP) is 1.09. The minimum atomic E-state index is -0.852. The first-order chi connectivity index (χ1) is 10.1. The molecule has 2 aromatic rings. The summed E-state index contributed by atoms with van der Waals surface area (Å²) < 4.78 is 5.03. The molecule has 1 aromatic carbocycles. The molecule has 0 bridgehead atoms. The van der Waals surface area contributed by atoms with Gasteiger partial charge < -0.3 is 10.1 Å². The van der Waals surface area contributed by atoms with Crippen molar-refractivity contribution in [2.45, 2.75) is 13.8 Å². The Kier molecular flexibility index (Phi) is 4.50. The zero-order valence-corrected chi connectivity index (χ0v) is 11.6. The molecule has 0 spiro atoms. The highest BCUT2D eigenvalue weighted by Gasteiger charge is 2.16. The zero-order chi connectivity index (χ0) is 15.2. The largest absolute Gasteiger partial charge is 0.463 e. The molecule has 0 radical (unpaired) electrons. The van der Waals surface area contributed by atoms with Crippen molar-refractivity contribution in [1.82, 2.24) is 15.2 Å². The number of aryl methyl sites for hydroxylation is 1. The van der Waals surface area contributed by atoms with Crippen LogP contribution in [0.2, 0.25) is 0 Å². The number of nitrogens with zero attached hydrogens (tertiary/aromatic N) is 2. The third-order valence-corrected chi connectivity index (χ3v) is 2.49. The van der Waals surface area contributed by atoms with Crippen LogP contribution in [0.25, 0.3) is 0 Å². The number of amides is 2. The summed E-state index contributed by atoms with van der Waals surface area (Å²) in [6, 6.07) is 7.19. The van der Waals surface area contributed by atoms with Crippen LogP contribution < -0.4 is 15.4 Å². The number of benzene rings is 1. The van der Waals surface area contributed by atoms with E-state index < -0.39 is 11.8 Å². The van der Waals surface area contributed by atoms with Crippen LogP contribution in [-0.4, -0.2) is 33.6 Å². The Morgan fingerprint density at radius 3 is 2.52 bits per heavy atom. The standard InChI is InChI=1S/C13H15N5O3/c1-3-21-13-16-12(17-18-13)15-11(20)10(19)14-9-6-4-8(2)5-7-9/h4-7H,3H2,1-2H3,(H,14,19)(H2,15,16,17,18,20). The summed E-state index contributed by atoms with van der Waals surface area (Å²) in [5.41, 5.74) is 1.59. The minimum absolute atomic E-state index is 0.0440. The van der Waals surface area contributed by atoms with E-state index in [0.29, 0.717) is 12.3 Å². The molecule has 2 amide bonds. The van der Waals surface area contributed by atoms with Crippen LogP contribution in [0.4, 0.5) is 11.6 Å². The van der Waals surface area contributed by atoms with Gasteiger partial charge in [-0.2, -0.15) is 4.98 Å². The van der Waals surface area contributed by atoms with E-state index in [9.17, 15) is 9.59 Å². The maximum atomic E-state index is 11.7. The SMILES string of the molecule is CCOc1n[nH]c(NC(=O)C(=O)Nc2ccc(C)cc2)n1. The number of aromatic amines is 1. The van der Waals surface area contributed by atoms with Crippen molar-refractivity contribution < 1.29 is 14.3 Å². The lowest BCUT2D eigenvalue weighted by Gasteiger charge is -2.04. The van der Waals surface area contributed by atoms with Crippen molar-refractivity contribution >= 4 is 23.5 Å². The Balaban J connectivity index is 1.92. The molecule has 0 fully saturated rings. The number of aromatic nitrogens is 3. The fraction of sp³-hybridized carbons (Fsp3) is 0.231. The lowest BCUT2D eigenvalue weighted by molar-refractivity contribution is -0.133. The van der Waals surface area contributed by atoms with Crippen molar-refractivity contribution in [3.8, 4) is 6.01 Å². The van der Waals surface area contributed by atoms with Gasteiger partial charge in [-0.05, 0) is 26.0 Å². The summed E-state index contributed by atoms with van der Waals surface area (Å²) in [7, 11) is 0. The van der Waals surface area contributed by atoms with Gasteiger partial charge in [0.15, 0.2) is 0 Å². The number of ether oxygens (including phenoxy) is 1. The highest BCUT2D eigenvalue weighted by molar-refractivity contribution is 6.43. The van der Waals surface area contributed by atoms with Crippen LogP contribution in [0.1, 0.15) is 12.5 Å². The Morgan fingerprint density at radius 2 is 1.86 bits per heavy atom. The van der Waals surface area contributed by atoms with E-state index in [2.05, 4.69) is 25.8 Å². The first kappa shape index (κ1) is 14.5. The van der Waals surface area contributed by atoms with Crippen LogP contribution in [0.3, 0.4) is 0 Å². The molecule has 0 saturated carbocycles. The fourth-order valence-corrected chi connectivity index (χ4v) is 1.49. The van der Waals surface area contributed by atoms with Gasteiger partial charge in [0.1, 0.15) is 0 Å². The molecule has 0 aliphatic heterocycles. The number of nitrogens with one attached hydrogen (secondary N) is 3. The topological polar surface area (TPSA) is 109 Å². The summed E-state index contributed by atoms with van der Waals surface area (Å²) in [6.07, 6.45) is 0. The quantitative estimate of drug-likeness (QED) is 0.730. The number of H-pyrrole nitrogens is 1. The summed E-state index contributed by atoms with van der Waals surface area (Å²) in [5, 5.41) is 10.9. The van der Waals surface area contributed by atoms with E-state index in [1.807, 2.05) is 19.1 Å². The molecule has 1 aromatic heterocycles. The molecular weight excluding hydrogens is 274 g/mol. The second-order valence-electron chi connectivity index (χ2n) is 4.17. The van der Waals surface area contributed by atoms with Gasteiger partial charge in [-0.3, -0.25) is 14.9 Å². The third-order valence-electron chi connectivity index (χ3n) is 2.49. The molecule has 0 atom stereocenters. The maximum Gasteiger partial charge on any atom is 0.337 e. The number of anilines is 2. The molecule has 21 heavy (non-hydrogen) atoms. The highest BCUT2D eigenvalue weighted by Crippen LogP contribution is 2.09. The van der Waals surface area contributed by atoms with E-state index in [1.165, 1.54) is 0 Å². The fourth-order valence-electron chi connectivity index (χ4n) is 1.49. The Hall–Kier alpha value is -2.90. The number of hydrogen-bond acceptors (Lipinski definition) is 5. The monoisotopic (exact) mass is 289 g/mol. The highest BCUT2D eigenvalue weighted by atomic mass is 16.5. The van der Waals surface area contributed by atoms with E-state index in [4.69, 9.17) is 4.74 Å². The van der Waals surface area contributed by atoms with E-state index >= 15 is 0 Å². The van der Waals surface area contributed by atoms with Gasteiger partial charge in [-0.25, -0.2) is 5.10 Å². The van der Waals surface area contributed by atoms with E-state index in [0.717, 1.165) is 5.56 Å². The van der Waals surface area contributed by atoms with Crippen molar-refractivity contribution in [2.24, 2.45) is 0 Å². The van der Waals surface area contributed by atoms with Gasteiger partial charge >= 0.3 is 17.8 Å². The second kappa shape index (κ2) is 6.51. The summed E-state index contributed by atoms with van der Waals surface area (Å²) >= 11 is 0. The molecule has 0 aliphatic carbocycles. The molecule has 3 N–H and O–H groups in total. The molecule has 0 unspecified atom stereocenters. The molecular formula is C13H15N5O3. The Bertz CT molecular complexity index is 636. The smallest absolute Gasteiger partial charge is 0.337 e. The van der Waals surface area contributed by atoms with Gasteiger partial charge in [-0.15, -0.1) is 5.10 Å². The zero-order valence-electron chi connectivity index (χ0n) is 11.6. The van der Waals surface area contributed by atoms with Crippen LogP contribution in [0.5, 0.6) is 6.01 Å². The third kappa shape index (κ3) is 4.03. The maximum absolute atomic E-state index is 11.7. The van der Waals surface area contributed by atoms with Crippen molar-refractivity contribution in [3.05, 3.63) is 29.8 Å². The van der Waals surface area contributed by atoms with E-state index in [1.54, 1.807) is 19.1 Å². The van der Waals surface area contributed by atoms with Crippen LogP contribution in [0, 0.1) is 6.92 Å². The number of rotatable bonds is 4. The van der Waals surface area contributed by atoms with Crippen molar-refractivity contribution in [1.29, 1.82) is 0 Å². The average molecular weight is 289 g/mol. The van der Waals surface area contributed by atoms with Crippen LogP contribution >= 0.6 is 0 Å². The predicted molar refractivity (Wildman–Crippen MR) is 76.0 cm³/mol. The molecule has 1 heterocycles. The van der Waals surface area contributed by atoms with Gasteiger partial charge in [0, 0.05) is 5.69 Å². The van der Waals surface area contributed by atoms with Gasteiger partial charge in [0.25, 0.3) is 0 Å². The summed E-state index contributed by atoms with van der Waals surface area (Å²) in [5.74, 6) is -1.61. The molecule has 0 saturated heterocycles. The van der Waals surface area contributed by atoms with Crippen molar-refractivity contribution in [2.75, 3.05) is 17.2 Å². The average Bonchev–Trinajstić information content (AvgIpc) is 2.89. The summed E-state index contributed by atoms with van der Waals surface area (Å²) in [6.45, 7) is 4.11.